The van der Waals surface area contributed by atoms with E-state index in [4.69, 9.17) is 0 Å². The molecule has 0 aromatic heterocycles. The summed E-state index contributed by atoms with van der Waals surface area (Å²) in [6.45, 7) is 7.12. The number of Topliss-reactive ketones (excluding diaryl/α,β-unsaturated/α-hetero) is 1. The van der Waals surface area contributed by atoms with Crippen molar-refractivity contribution in [3.05, 3.63) is 0 Å². The Bertz CT molecular complexity index is 266. The topological polar surface area (TPSA) is 60.4 Å². The average Bonchev–Trinajstić information content (AvgIpc) is 1.75. The van der Waals surface area contributed by atoms with Crippen LogP contribution in [-0.2, 0) is 16.1 Å². The van der Waals surface area contributed by atoms with Crippen LogP contribution in [0.3, 0.4) is 0 Å². The van der Waals surface area contributed by atoms with E-state index in [0.717, 1.165) is 0 Å². The highest BCUT2D eigenvalue weighted by Crippen LogP contribution is 2.37. The zero-order valence-electron chi connectivity index (χ0n) is 8.99. The predicted octanol–water partition coefficient (Wildman–Crippen LogP) is 1.00. The second-order valence-electron chi connectivity index (χ2n) is 5.03. The van der Waals surface area contributed by atoms with Gasteiger partial charge in [0.2, 0.25) is 0 Å². The molecule has 1 atom stereocenters. The standard InChI is InChI=1S/C9H17NO3S/c1-8(2)5-7(11)6-9(3,4)10(8)14(12)13/h5-6H2,1-4H3,(H,12,13)/p-1. The summed E-state index contributed by atoms with van der Waals surface area (Å²) in [5.74, 6) is 0.127. The molecule has 0 N–H and O–H groups in total. The van der Waals surface area contributed by atoms with Gasteiger partial charge in [0.1, 0.15) is 5.78 Å². The molecule has 82 valence electrons. The van der Waals surface area contributed by atoms with Gasteiger partial charge in [-0.3, -0.25) is 9.00 Å². The van der Waals surface area contributed by atoms with Gasteiger partial charge in [-0.05, 0) is 27.7 Å². The second-order valence-corrected chi connectivity index (χ2v) is 5.83. The molecule has 14 heavy (non-hydrogen) atoms. The van der Waals surface area contributed by atoms with Crippen molar-refractivity contribution in [2.45, 2.75) is 51.6 Å². The second kappa shape index (κ2) is 3.40. The first kappa shape index (κ1) is 11.8. The van der Waals surface area contributed by atoms with Crippen LogP contribution < -0.4 is 0 Å². The molecule has 5 heteroatoms. The van der Waals surface area contributed by atoms with E-state index in [2.05, 4.69) is 0 Å². The molecule has 1 unspecified atom stereocenters. The van der Waals surface area contributed by atoms with Gasteiger partial charge in [0.25, 0.3) is 0 Å². The van der Waals surface area contributed by atoms with E-state index in [0.29, 0.717) is 12.8 Å². The third-order valence-corrected chi connectivity index (χ3v) is 3.79. The van der Waals surface area contributed by atoms with E-state index < -0.39 is 22.3 Å². The molecular weight excluding hydrogens is 202 g/mol. The fraction of sp³-hybridized carbons (Fsp3) is 0.889. The van der Waals surface area contributed by atoms with Crippen LogP contribution in [0.1, 0.15) is 40.5 Å². The number of nitrogens with zero attached hydrogens (tertiary/aromatic N) is 1. The van der Waals surface area contributed by atoms with Crippen molar-refractivity contribution in [2.24, 2.45) is 0 Å². The Morgan fingerprint density at radius 1 is 1.21 bits per heavy atom. The summed E-state index contributed by atoms with van der Waals surface area (Å²) in [4.78, 5) is 11.4. The van der Waals surface area contributed by atoms with Gasteiger partial charge >= 0.3 is 0 Å². The van der Waals surface area contributed by atoms with E-state index >= 15 is 0 Å². The van der Waals surface area contributed by atoms with E-state index in [1.807, 2.05) is 0 Å². The van der Waals surface area contributed by atoms with Crippen LogP contribution in [0.25, 0.3) is 0 Å². The van der Waals surface area contributed by atoms with Crippen molar-refractivity contribution in [3.63, 3.8) is 0 Å². The van der Waals surface area contributed by atoms with Gasteiger partial charge in [-0.2, -0.15) is 0 Å². The maximum Gasteiger partial charge on any atom is 0.136 e. The van der Waals surface area contributed by atoms with Crippen LogP contribution in [-0.4, -0.2) is 29.9 Å². The molecule has 0 radical (unpaired) electrons. The molecule has 0 aromatic rings. The minimum Gasteiger partial charge on any atom is -0.760 e. The molecule has 1 fully saturated rings. The first-order chi connectivity index (χ1) is 6.17. The van der Waals surface area contributed by atoms with Crippen molar-refractivity contribution in [2.75, 3.05) is 0 Å². The molecule has 1 heterocycles. The van der Waals surface area contributed by atoms with Crippen molar-refractivity contribution >= 4 is 17.0 Å². The SMILES string of the molecule is CC1(C)CC(=O)CC(C)(C)N1S(=O)[O-]. The van der Waals surface area contributed by atoms with E-state index in [-0.39, 0.29) is 5.78 Å². The molecule has 0 aromatic carbocycles. The highest BCUT2D eigenvalue weighted by Gasteiger charge is 2.45. The quantitative estimate of drug-likeness (QED) is 0.617. The maximum atomic E-state index is 11.4. The lowest BCUT2D eigenvalue weighted by Crippen LogP contribution is -2.61. The molecule has 1 aliphatic rings. The Kier molecular flexibility index (Phi) is 2.87. The Morgan fingerprint density at radius 2 is 1.57 bits per heavy atom. The summed E-state index contributed by atoms with van der Waals surface area (Å²) < 4.78 is 23.6. The van der Waals surface area contributed by atoms with Crippen LogP contribution >= 0.6 is 0 Å². The minimum absolute atomic E-state index is 0.127. The molecule has 0 aliphatic carbocycles. The van der Waals surface area contributed by atoms with Gasteiger partial charge in [0.05, 0.1) is 0 Å². The lowest BCUT2D eigenvalue weighted by atomic mass is 9.82. The monoisotopic (exact) mass is 218 g/mol. The molecule has 1 saturated heterocycles. The molecular formula is C9H16NO3S-. The highest BCUT2D eigenvalue weighted by atomic mass is 32.2. The molecule has 1 rings (SSSR count). The molecule has 1 aliphatic heterocycles. The van der Waals surface area contributed by atoms with Crippen molar-refractivity contribution in [1.82, 2.24) is 4.31 Å². The summed E-state index contributed by atoms with van der Waals surface area (Å²) in [5.41, 5.74) is -1.21. The lowest BCUT2D eigenvalue weighted by Gasteiger charge is -2.52. The first-order valence-electron chi connectivity index (χ1n) is 4.58. The number of carbonyl (C=O) groups is 1. The van der Waals surface area contributed by atoms with Gasteiger partial charge in [-0.25, -0.2) is 4.31 Å². The van der Waals surface area contributed by atoms with Gasteiger partial charge in [0, 0.05) is 35.2 Å². The van der Waals surface area contributed by atoms with E-state index in [1.54, 1.807) is 27.7 Å². The highest BCUT2D eigenvalue weighted by molar-refractivity contribution is 7.76. The predicted molar refractivity (Wildman–Crippen MR) is 53.2 cm³/mol. The average molecular weight is 218 g/mol. The summed E-state index contributed by atoms with van der Waals surface area (Å²) >= 11 is -2.27. The van der Waals surface area contributed by atoms with Gasteiger partial charge in [-0.15, -0.1) is 0 Å². The molecule has 0 spiro atoms. The van der Waals surface area contributed by atoms with E-state index in [1.165, 1.54) is 4.31 Å². The van der Waals surface area contributed by atoms with Crippen LogP contribution in [0.2, 0.25) is 0 Å². The van der Waals surface area contributed by atoms with Crippen LogP contribution in [0, 0.1) is 0 Å². The number of ketones is 1. The first-order valence-corrected chi connectivity index (χ1v) is 5.61. The lowest BCUT2D eigenvalue weighted by molar-refractivity contribution is -0.128. The third-order valence-electron chi connectivity index (χ3n) is 2.51. The number of rotatable bonds is 1. The summed E-state index contributed by atoms with van der Waals surface area (Å²) in [6, 6.07) is 0. The summed E-state index contributed by atoms with van der Waals surface area (Å²) in [6.07, 6.45) is 0.592. The Labute approximate surface area is 87.1 Å². The van der Waals surface area contributed by atoms with Gasteiger partial charge < -0.3 is 4.55 Å². The largest absolute Gasteiger partial charge is 0.760 e. The molecule has 0 amide bonds. The van der Waals surface area contributed by atoms with Gasteiger partial charge in [0.15, 0.2) is 0 Å². The smallest absolute Gasteiger partial charge is 0.136 e. The summed E-state index contributed by atoms with van der Waals surface area (Å²) in [5, 5.41) is 0. The maximum absolute atomic E-state index is 11.4. The molecule has 4 nitrogen and oxygen atoms in total. The number of hydrogen-bond acceptors (Lipinski definition) is 3. The molecule has 0 bridgehead atoms. The normalized spacial score (nSPS) is 28.8. The number of hydrogen-bond donors (Lipinski definition) is 0. The van der Waals surface area contributed by atoms with Crippen molar-refractivity contribution in [3.8, 4) is 0 Å². The Balaban J connectivity index is 3.09. The number of piperidine rings is 1. The van der Waals surface area contributed by atoms with Crippen LogP contribution in [0.4, 0.5) is 0 Å². The summed E-state index contributed by atoms with van der Waals surface area (Å²) in [7, 11) is 0. The van der Waals surface area contributed by atoms with Crippen LogP contribution in [0.15, 0.2) is 0 Å². The zero-order chi connectivity index (χ0) is 11.1. The number of carbonyl (C=O) groups excluding carboxylic acids is 1. The minimum atomic E-state index is -2.27. The fourth-order valence-electron chi connectivity index (χ4n) is 2.39. The van der Waals surface area contributed by atoms with E-state index in [9.17, 15) is 13.6 Å². The van der Waals surface area contributed by atoms with Gasteiger partial charge in [-0.1, -0.05) is 0 Å². The Hall–Kier alpha value is -0.260. The van der Waals surface area contributed by atoms with Crippen molar-refractivity contribution in [1.29, 1.82) is 0 Å². The zero-order valence-corrected chi connectivity index (χ0v) is 9.81. The van der Waals surface area contributed by atoms with Crippen molar-refractivity contribution < 1.29 is 13.6 Å². The third kappa shape index (κ3) is 2.04. The van der Waals surface area contributed by atoms with Crippen LogP contribution in [0.5, 0.6) is 0 Å². The molecule has 0 saturated carbocycles. The Morgan fingerprint density at radius 3 is 1.86 bits per heavy atom. The fourth-order valence-corrected chi connectivity index (χ4v) is 3.33.